The lowest BCUT2D eigenvalue weighted by atomic mass is 9.94. The Bertz CT molecular complexity index is 1100. The van der Waals surface area contributed by atoms with E-state index in [0.717, 1.165) is 51.5 Å². The fraction of sp³-hybridized carbons (Fsp3) is 0.519. The highest BCUT2D eigenvalue weighted by Crippen LogP contribution is 2.24. The number of hydrogen-bond acceptors (Lipinski definition) is 5. The zero-order valence-electron chi connectivity index (χ0n) is 20.8. The summed E-state index contributed by atoms with van der Waals surface area (Å²) in [6.07, 6.45) is 4.67. The highest BCUT2D eigenvalue weighted by atomic mass is 32.2. The zero-order valence-corrected chi connectivity index (χ0v) is 21.6. The van der Waals surface area contributed by atoms with Gasteiger partial charge in [-0.15, -0.1) is 0 Å². The van der Waals surface area contributed by atoms with Crippen molar-refractivity contribution in [2.75, 3.05) is 44.1 Å². The minimum atomic E-state index is -3.78. The third-order valence-corrected chi connectivity index (χ3v) is 8.40. The van der Waals surface area contributed by atoms with Gasteiger partial charge < -0.3 is 14.5 Å². The first-order valence-corrected chi connectivity index (χ1v) is 14.2. The number of carbonyl (C=O) groups is 1. The molecule has 7 nitrogen and oxygen atoms in total. The minimum Gasteiger partial charge on any atom is -0.494 e. The van der Waals surface area contributed by atoms with Crippen LogP contribution in [-0.4, -0.2) is 63.5 Å². The molecular formula is C27H37N3O4S. The van der Waals surface area contributed by atoms with Crippen LogP contribution in [0.4, 0.5) is 5.69 Å². The smallest absolute Gasteiger partial charge is 0.261 e. The number of nitrogens with zero attached hydrogens (tertiary/aromatic N) is 2. The van der Waals surface area contributed by atoms with Crippen LogP contribution in [0, 0.1) is 11.8 Å². The maximum absolute atomic E-state index is 13.3. The number of carbonyl (C=O) groups excluding carboxylic acids is 1. The van der Waals surface area contributed by atoms with Crippen LogP contribution in [0.1, 0.15) is 49.9 Å². The summed E-state index contributed by atoms with van der Waals surface area (Å²) in [5, 5.41) is 0. The Balaban J connectivity index is 1.39. The third-order valence-electron chi connectivity index (χ3n) is 7.01. The molecule has 1 unspecified atom stereocenters. The van der Waals surface area contributed by atoms with Gasteiger partial charge in [0.25, 0.3) is 15.9 Å². The van der Waals surface area contributed by atoms with Gasteiger partial charge in [0.1, 0.15) is 5.75 Å². The van der Waals surface area contributed by atoms with Gasteiger partial charge in [-0.3, -0.25) is 9.52 Å². The summed E-state index contributed by atoms with van der Waals surface area (Å²) in [5.41, 5.74) is 0.880. The molecule has 2 saturated heterocycles. The van der Waals surface area contributed by atoms with Crippen LogP contribution < -0.4 is 9.46 Å². The molecule has 0 aromatic heterocycles. The van der Waals surface area contributed by atoms with Gasteiger partial charge in [0.05, 0.1) is 11.5 Å². The molecule has 190 valence electrons. The topological polar surface area (TPSA) is 78.9 Å². The molecule has 0 bridgehead atoms. The highest BCUT2D eigenvalue weighted by molar-refractivity contribution is 7.92. The van der Waals surface area contributed by atoms with Gasteiger partial charge in [-0.25, -0.2) is 8.42 Å². The Morgan fingerprint density at radius 1 is 1.06 bits per heavy atom. The summed E-state index contributed by atoms with van der Waals surface area (Å²) in [7, 11) is -3.78. The number of piperidine rings is 2. The average molecular weight is 500 g/mol. The summed E-state index contributed by atoms with van der Waals surface area (Å²) in [5.74, 6) is 1.88. The van der Waals surface area contributed by atoms with Gasteiger partial charge in [-0.1, -0.05) is 13.0 Å². The van der Waals surface area contributed by atoms with E-state index in [1.165, 1.54) is 25.0 Å². The molecule has 2 fully saturated rings. The van der Waals surface area contributed by atoms with E-state index in [4.69, 9.17) is 4.74 Å². The van der Waals surface area contributed by atoms with Gasteiger partial charge in [-0.2, -0.15) is 0 Å². The molecule has 2 aliphatic rings. The molecule has 2 aromatic carbocycles. The number of rotatable bonds is 8. The van der Waals surface area contributed by atoms with Crippen molar-refractivity contribution in [3.05, 3.63) is 54.1 Å². The molecule has 0 aliphatic carbocycles. The second kappa shape index (κ2) is 11.4. The van der Waals surface area contributed by atoms with E-state index in [2.05, 4.69) is 16.5 Å². The van der Waals surface area contributed by atoms with Crippen LogP contribution in [-0.2, 0) is 10.0 Å². The molecule has 1 amide bonds. The first kappa shape index (κ1) is 25.5. The number of sulfonamides is 1. The van der Waals surface area contributed by atoms with E-state index in [1.807, 2.05) is 11.8 Å². The molecule has 8 heteroatoms. The maximum atomic E-state index is 13.3. The second-order valence-corrected chi connectivity index (χ2v) is 11.5. The Kier molecular flexibility index (Phi) is 8.34. The fourth-order valence-electron chi connectivity index (χ4n) is 5.00. The van der Waals surface area contributed by atoms with Crippen LogP contribution in [0.5, 0.6) is 5.75 Å². The number of nitrogens with one attached hydrogen (secondary N) is 1. The van der Waals surface area contributed by atoms with Crippen LogP contribution in [0.15, 0.2) is 53.4 Å². The molecule has 2 aliphatic heterocycles. The van der Waals surface area contributed by atoms with Crippen molar-refractivity contribution in [1.82, 2.24) is 9.80 Å². The van der Waals surface area contributed by atoms with Crippen molar-refractivity contribution < 1.29 is 17.9 Å². The van der Waals surface area contributed by atoms with E-state index in [0.29, 0.717) is 29.5 Å². The lowest BCUT2D eigenvalue weighted by Crippen LogP contribution is -2.45. The summed E-state index contributed by atoms with van der Waals surface area (Å²) in [6, 6.07) is 13.1. The number of hydrogen-bond donors (Lipinski definition) is 1. The van der Waals surface area contributed by atoms with Gasteiger partial charge in [-0.05, 0) is 100.0 Å². The maximum Gasteiger partial charge on any atom is 0.261 e. The minimum absolute atomic E-state index is 0.0379. The Morgan fingerprint density at radius 2 is 1.80 bits per heavy atom. The summed E-state index contributed by atoms with van der Waals surface area (Å²) >= 11 is 0. The van der Waals surface area contributed by atoms with Crippen molar-refractivity contribution in [2.24, 2.45) is 11.8 Å². The van der Waals surface area contributed by atoms with Crippen molar-refractivity contribution >= 4 is 21.6 Å². The fourth-order valence-corrected chi connectivity index (χ4v) is 6.05. The van der Waals surface area contributed by atoms with Gasteiger partial charge in [0.2, 0.25) is 0 Å². The van der Waals surface area contributed by atoms with E-state index in [9.17, 15) is 13.2 Å². The SMILES string of the molecule is CCOc1ccc(S(=O)(=O)Nc2cccc(C(=O)N3CCCC(CN4CCC(C)CC4)C3)c2)cc1. The number of likely N-dealkylation sites (tertiary alicyclic amines) is 2. The standard InChI is InChI=1S/C27H37N3O4S/c1-3-34-25-9-11-26(12-10-25)35(32,33)28-24-8-4-7-23(18-24)27(31)30-15-5-6-22(20-30)19-29-16-13-21(2)14-17-29/h4,7-12,18,21-22,28H,3,5-6,13-17,19-20H2,1-2H3. The number of benzene rings is 2. The van der Waals surface area contributed by atoms with Crippen LogP contribution in [0.2, 0.25) is 0 Å². The monoisotopic (exact) mass is 499 g/mol. The highest BCUT2D eigenvalue weighted by Gasteiger charge is 2.27. The van der Waals surface area contributed by atoms with Crippen LogP contribution in [0.25, 0.3) is 0 Å². The molecule has 4 rings (SSSR count). The zero-order chi connectivity index (χ0) is 24.8. The van der Waals surface area contributed by atoms with E-state index in [-0.39, 0.29) is 10.8 Å². The predicted molar refractivity (Wildman–Crippen MR) is 138 cm³/mol. The number of ether oxygens (including phenoxy) is 1. The van der Waals surface area contributed by atoms with Crippen molar-refractivity contribution in [3.8, 4) is 5.75 Å². The summed E-state index contributed by atoms with van der Waals surface area (Å²) < 4.78 is 33.7. The molecule has 0 saturated carbocycles. The number of amides is 1. The lowest BCUT2D eigenvalue weighted by molar-refractivity contribution is 0.0622. The summed E-state index contributed by atoms with van der Waals surface area (Å²) in [4.78, 5) is 17.9. The first-order chi connectivity index (χ1) is 16.8. The molecular weight excluding hydrogens is 462 g/mol. The van der Waals surface area contributed by atoms with E-state index < -0.39 is 10.0 Å². The Morgan fingerprint density at radius 3 is 2.51 bits per heavy atom. The van der Waals surface area contributed by atoms with Crippen LogP contribution in [0.3, 0.4) is 0 Å². The largest absolute Gasteiger partial charge is 0.494 e. The van der Waals surface area contributed by atoms with Crippen molar-refractivity contribution in [3.63, 3.8) is 0 Å². The van der Waals surface area contributed by atoms with Crippen LogP contribution >= 0.6 is 0 Å². The quantitative estimate of drug-likeness (QED) is 0.580. The predicted octanol–water partition coefficient (Wildman–Crippen LogP) is 4.47. The molecule has 2 aromatic rings. The molecule has 2 heterocycles. The van der Waals surface area contributed by atoms with Gasteiger partial charge in [0.15, 0.2) is 0 Å². The molecule has 0 spiro atoms. The van der Waals surface area contributed by atoms with Crippen molar-refractivity contribution in [2.45, 2.75) is 44.4 Å². The average Bonchev–Trinajstić information content (AvgIpc) is 2.86. The van der Waals surface area contributed by atoms with E-state index in [1.54, 1.807) is 36.4 Å². The summed E-state index contributed by atoms with van der Waals surface area (Å²) in [6.45, 7) is 9.58. The molecule has 35 heavy (non-hydrogen) atoms. The van der Waals surface area contributed by atoms with E-state index >= 15 is 0 Å². The Hall–Kier alpha value is -2.58. The lowest BCUT2D eigenvalue weighted by Gasteiger charge is -2.38. The van der Waals surface area contributed by atoms with Gasteiger partial charge >= 0.3 is 0 Å². The van der Waals surface area contributed by atoms with Crippen molar-refractivity contribution in [1.29, 1.82) is 0 Å². The third kappa shape index (κ3) is 6.76. The molecule has 1 atom stereocenters. The first-order valence-electron chi connectivity index (χ1n) is 12.7. The van der Waals surface area contributed by atoms with Gasteiger partial charge in [0, 0.05) is 30.9 Å². The second-order valence-electron chi connectivity index (χ2n) is 9.83. The molecule has 0 radical (unpaired) electrons. The normalized spacial score (nSPS) is 19.9. The molecule has 1 N–H and O–H groups in total. The number of anilines is 1. The Labute approximate surface area is 209 Å².